The lowest BCUT2D eigenvalue weighted by Crippen LogP contribution is -2.44. The van der Waals surface area contributed by atoms with E-state index in [1.807, 2.05) is 0 Å². The Morgan fingerprint density at radius 1 is 1.47 bits per heavy atom. The lowest BCUT2D eigenvalue weighted by Gasteiger charge is -2.28. The van der Waals surface area contributed by atoms with Crippen molar-refractivity contribution in [2.45, 2.75) is 5.66 Å². The molecule has 0 fully saturated rings. The topological polar surface area (TPSA) is 104 Å². The van der Waals surface area contributed by atoms with Gasteiger partial charge >= 0.3 is 0 Å². The second kappa shape index (κ2) is 4.02. The molecule has 2 aromatic heterocycles. The van der Waals surface area contributed by atoms with Crippen molar-refractivity contribution < 1.29 is 4.39 Å². The molecule has 3 rings (SSSR count). The number of hydrogen-bond donors (Lipinski definition) is 4. The zero-order valence-corrected chi connectivity index (χ0v) is 10.1. The van der Waals surface area contributed by atoms with Crippen LogP contribution in [0.25, 0.3) is 11.0 Å². The fraction of sp³-hybridized carbons (Fsp3) is 0.182. The van der Waals surface area contributed by atoms with Crippen LogP contribution in [0.4, 0.5) is 4.39 Å². The molecule has 0 radical (unpaired) electrons. The summed E-state index contributed by atoms with van der Waals surface area (Å²) < 4.78 is 13.4. The van der Waals surface area contributed by atoms with E-state index in [-0.39, 0.29) is 5.96 Å². The van der Waals surface area contributed by atoms with Crippen LogP contribution in [0.3, 0.4) is 0 Å². The molecule has 7 nitrogen and oxygen atoms in total. The SMILES string of the molecule is CNC1(c2[nH]nc3ncc(F)cc23)C=CNC(N)=N1. The average molecular weight is 261 g/mol. The molecule has 5 N–H and O–H groups in total. The van der Waals surface area contributed by atoms with Gasteiger partial charge in [0.25, 0.3) is 0 Å². The summed E-state index contributed by atoms with van der Waals surface area (Å²) in [6.07, 6.45) is 4.55. The first kappa shape index (κ1) is 11.6. The molecule has 0 saturated heterocycles. The zero-order valence-electron chi connectivity index (χ0n) is 10.1. The Morgan fingerprint density at radius 2 is 2.32 bits per heavy atom. The van der Waals surface area contributed by atoms with Gasteiger partial charge in [-0.2, -0.15) is 5.10 Å². The van der Waals surface area contributed by atoms with Crippen LogP contribution in [0.2, 0.25) is 0 Å². The highest BCUT2D eigenvalue weighted by atomic mass is 19.1. The van der Waals surface area contributed by atoms with Crippen LogP contribution in [0.1, 0.15) is 5.69 Å². The maximum Gasteiger partial charge on any atom is 0.195 e. The Morgan fingerprint density at radius 3 is 3.05 bits per heavy atom. The number of rotatable bonds is 2. The number of aromatic nitrogens is 3. The fourth-order valence-corrected chi connectivity index (χ4v) is 2.08. The molecule has 1 aliphatic rings. The quantitative estimate of drug-likeness (QED) is 0.604. The largest absolute Gasteiger partial charge is 0.370 e. The molecular weight excluding hydrogens is 249 g/mol. The molecule has 1 atom stereocenters. The van der Waals surface area contributed by atoms with Gasteiger partial charge in [-0.15, -0.1) is 0 Å². The van der Waals surface area contributed by atoms with Crippen LogP contribution >= 0.6 is 0 Å². The highest BCUT2D eigenvalue weighted by Gasteiger charge is 2.33. The lowest BCUT2D eigenvalue weighted by atomic mass is 10.0. The Labute approximate surface area is 107 Å². The summed E-state index contributed by atoms with van der Waals surface area (Å²) in [6, 6.07) is 1.36. The molecule has 19 heavy (non-hydrogen) atoms. The van der Waals surface area contributed by atoms with Crippen molar-refractivity contribution in [1.29, 1.82) is 0 Å². The van der Waals surface area contributed by atoms with Crippen LogP contribution in [0.5, 0.6) is 0 Å². The van der Waals surface area contributed by atoms with Gasteiger partial charge in [0, 0.05) is 11.6 Å². The van der Waals surface area contributed by atoms with Gasteiger partial charge in [0.1, 0.15) is 5.82 Å². The third-order valence-electron chi connectivity index (χ3n) is 2.99. The van der Waals surface area contributed by atoms with E-state index in [0.717, 1.165) is 6.20 Å². The number of H-pyrrole nitrogens is 1. The molecule has 0 bridgehead atoms. The van der Waals surface area contributed by atoms with Crippen LogP contribution < -0.4 is 16.4 Å². The summed E-state index contributed by atoms with van der Waals surface area (Å²) in [5.74, 6) is -0.180. The number of guanidine groups is 1. The predicted octanol–water partition coefficient (Wildman–Crippen LogP) is -0.0992. The van der Waals surface area contributed by atoms with Crippen molar-refractivity contribution >= 4 is 17.0 Å². The smallest absolute Gasteiger partial charge is 0.195 e. The number of aromatic amines is 1. The molecule has 1 unspecified atom stereocenters. The number of nitrogens with zero attached hydrogens (tertiary/aromatic N) is 3. The minimum Gasteiger partial charge on any atom is -0.370 e. The number of pyridine rings is 1. The summed E-state index contributed by atoms with van der Waals surface area (Å²) in [7, 11) is 1.73. The number of halogens is 1. The van der Waals surface area contributed by atoms with E-state index >= 15 is 0 Å². The first-order valence-electron chi connectivity index (χ1n) is 5.63. The Kier molecular flexibility index (Phi) is 2.46. The van der Waals surface area contributed by atoms with E-state index in [9.17, 15) is 4.39 Å². The van der Waals surface area contributed by atoms with Crippen molar-refractivity contribution in [2.24, 2.45) is 10.7 Å². The number of likely N-dealkylation sites (N-methyl/N-ethyl adjacent to an activating group) is 1. The van der Waals surface area contributed by atoms with Gasteiger partial charge in [-0.3, -0.25) is 10.4 Å². The van der Waals surface area contributed by atoms with Crippen molar-refractivity contribution in [3.05, 3.63) is 36.1 Å². The summed E-state index contributed by atoms with van der Waals surface area (Å²) in [4.78, 5) is 8.23. The number of fused-ring (bicyclic) bond motifs is 1. The second-order valence-electron chi connectivity index (χ2n) is 4.11. The van der Waals surface area contributed by atoms with Gasteiger partial charge in [0.05, 0.1) is 11.9 Å². The fourth-order valence-electron chi connectivity index (χ4n) is 2.08. The maximum atomic E-state index is 13.4. The second-order valence-corrected chi connectivity index (χ2v) is 4.11. The highest BCUT2D eigenvalue weighted by molar-refractivity contribution is 5.83. The van der Waals surface area contributed by atoms with Crippen LogP contribution in [-0.4, -0.2) is 28.2 Å². The zero-order chi connectivity index (χ0) is 13.5. The van der Waals surface area contributed by atoms with Crippen molar-refractivity contribution in [3.63, 3.8) is 0 Å². The van der Waals surface area contributed by atoms with Crippen molar-refractivity contribution in [2.75, 3.05) is 7.05 Å². The molecule has 1 aliphatic heterocycles. The minimum absolute atomic E-state index is 0.254. The Balaban J connectivity index is 2.25. The molecule has 2 aromatic rings. The number of aliphatic imine (C=N–C) groups is 1. The molecule has 0 amide bonds. The first-order valence-corrected chi connectivity index (χ1v) is 5.63. The summed E-state index contributed by atoms with van der Waals surface area (Å²) in [5.41, 5.74) is 5.78. The summed E-state index contributed by atoms with van der Waals surface area (Å²) >= 11 is 0. The number of nitrogens with two attached hydrogens (primary N) is 1. The van der Waals surface area contributed by atoms with Crippen molar-refractivity contribution in [3.8, 4) is 0 Å². The average Bonchev–Trinajstić information content (AvgIpc) is 2.82. The molecular formula is C11H12FN7. The van der Waals surface area contributed by atoms with Gasteiger partial charge in [0.15, 0.2) is 17.3 Å². The van der Waals surface area contributed by atoms with Crippen LogP contribution in [0.15, 0.2) is 29.5 Å². The van der Waals surface area contributed by atoms with E-state index in [2.05, 4.69) is 30.8 Å². The van der Waals surface area contributed by atoms with Gasteiger partial charge in [0.2, 0.25) is 0 Å². The van der Waals surface area contributed by atoms with E-state index in [4.69, 9.17) is 5.73 Å². The molecule has 0 saturated carbocycles. The predicted molar refractivity (Wildman–Crippen MR) is 68.5 cm³/mol. The van der Waals surface area contributed by atoms with Crippen molar-refractivity contribution in [1.82, 2.24) is 25.8 Å². The Bertz CT molecular complexity index is 689. The molecule has 98 valence electrons. The number of nitrogens with one attached hydrogen (secondary N) is 3. The lowest BCUT2D eigenvalue weighted by molar-refractivity contribution is 0.459. The van der Waals surface area contributed by atoms with Gasteiger partial charge in [-0.05, 0) is 19.2 Å². The summed E-state index contributed by atoms with van der Waals surface area (Å²) in [5, 5.41) is 13.3. The maximum absolute atomic E-state index is 13.4. The molecule has 0 aromatic carbocycles. The van der Waals surface area contributed by atoms with E-state index < -0.39 is 11.5 Å². The highest BCUT2D eigenvalue weighted by Crippen LogP contribution is 2.29. The minimum atomic E-state index is -0.917. The first-order chi connectivity index (χ1) is 9.14. The van der Waals surface area contributed by atoms with Crippen LogP contribution in [0, 0.1) is 5.82 Å². The van der Waals surface area contributed by atoms with Gasteiger partial charge in [-0.1, -0.05) is 0 Å². The van der Waals surface area contributed by atoms with E-state index in [1.165, 1.54) is 6.07 Å². The molecule has 8 heteroatoms. The third-order valence-corrected chi connectivity index (χ3v) is 2.99. The van der Waals surface area contributed by atoms with Crippen LogP contribution in [-0.2, 0) is 5.66 Å². The monoisotopic (exact) mass is 261 g/mol. The standard InChI is InChI=1S/C11H12FN7/c1-14-11(2-3-15-10(13)17-11)8-7-4-6(12)5-16-9(7)19-18-8/h2-5,14H,1H3,(H3,13,15,17)(H,16,18,19). The van der Waals surface area contributed by atoms with E-state index in [0.29, 0.717) is 16.7 Å². The van der Waals surface area contributed by atoms with E-state index in [1.54, 1.807) is 19.3 Å². The molecule has 0 aliphatic carbocycles. The molecule has 3 heterocycles. The van der Waals surface area contributed by atoms with Gasteiger partial charge in [-0.25, -0.2) is 14.4 Å². The van der Waals surface area contributed by atoms with Gasteiger partial charge < -0.3 is 11.1 Å². The Hall–Kier alpha value is -2.48. The summed E-state index contributed by atoms with van der Waals surface area (Å²) in [6.45, 7) is 0. The number of hydrogen-bond acceptors (Lipinski definition) is 6. The molecule has 0 spiro atoms. The third kappa shape index (κ3) is 1.73. The normalized spacial score (nSPS) is 22.3.